The van der Waals surface area contributed by atoms with Gasteiger partial charge in [0.25, 0.3) is 0 Å². The second-order valence-electron chi connectivity index (χ2n) is 4.47. The summed E-state index contributed by atoms with van der Waals surface area (Å²) in [5, 5.41) is 23.2. The monoisotopic (exact) mass is 290 g/mol. The minimum Gasteiger partial charge on any atom is -0.508 e. The maximum atomic E-state index is 11.6. The van der Waals surface area contributed by atoms with Crippen LogP contribution in [0, 0.1) is 12.3 Å². The maximum Gasteiger partial charge on any atom is 0.326 e. The van der Waals surface area contributed by atoms with Gasteiger partial charge >= 0.3 is 12.0 Å². The molecule has 0 fully saturated rings. The number of carboxylic acid groups (broad SMARTS) is 1. The molecule has 6 heteroatoms. The Hall–Kier alpha value is -2.68. The molecule has 1 atom stereocenters. The van der Waals surface area contributed by atoms with E-state index in [4.69, 9.17) is 11.5 Å². The van der Waals surface area contributed by atoms with E-state index in [-0.39, 0.29) is 12.2 Å². The maximum absolute atomic E-state index is 11.6. The van der Waals surface area contributed by atoms with Crippen LogP contribution in [-0.4, -0.2) is 34.8 Å². The zero-order chi connectivity index (χ0) is 15.7. The van der Waals surface area contributed by atoms with Crippen LogP contribution in [-0.2, 0) is 11.2 Å². The molecule has 0 bridgehead atoms. The predicted molar refractivity (Wildman–Crippen MR) is 77.8 cm³/mol. The van der Waals surface area contributed by atoms with Gasteiger partial charge < -0.3 is 20.8 Å². The van der Waals surface area contributed by atoms with Gasteiger partial charge in [-0.25, -0.2) is 9.59 Å². The Kier molecular flexibility index (Phi) is 6.61. The molecule has 0 aliphatic rings. The van der Waals surface area contributed by atoms with Gasteiger partial charge in [-0.2, -0.15) is 0 Å². The molecular formula is C15H18N2O4. The van der Waals surface area contributed by atoms with Crippen molar-refractivity contribution in [2.75, 3.05) is 6.54 Å². The molecule has 0 spiro atoms. The van der Waals surface area contributed by atoms with Crippen molar-refractivity contribution in [1.82, 2.24) is 10.6 Å². The Balaban J connectivity index is 2.50. The van der Waals surface area contributed by atoms with Gasteiger partial charge in [0.05, 0.1) is 0 Å². The zero-order valence-electron chi connectivity index (χ0n) is 11.5. The number of urea groups is 1. The van der Waals surface area contributed by atoms with Crippen LogP contribution in [0.2, 0.25) is 0 Å². The van der Waals surface area contributed by atoms with Crippen molar-refractivity contribution in [1.29, 1.82) is 0 Å². The number of phenolic OH excluding ortho intramolecular Hbond substituents is 1. The van der Waals surface area contributed by atoms with Crippen LogP contribution in [0.5, 0.6) is 5.75 Å². The van der Waals surface area contributed by atoms with E-state index in [1.807, 2.05) is 0 Å². The number of carboxylic acids is 1. The lowest BCUT2D eigenvalue weighted by atomic mass is 10.1. The van der Waals surface area contributed by atoms with Gasteiger partial charge in [0.2, 0.25) is 0 Å². The third-order valence-corrected chi connectivity index (χ3v) is 2.76. The Morgan fingerprint density at radius 2 is 1.95 bits per heavy atom. The summed E-state index contributed by atoms with van der Waals surface area (Å²) in [6.07, 6.45) is 6.41. The van der Waals surface area contributed by atoms with E-state index >= 15 is 0 Å². The van der Waals surface area contributed by atoms with Gasteiger partial charge in [-0.3, -0.25) is 0 Å². The highest BCUT2D eigenvalue weighted by molar-refractivity contribution is 5.82. The number of hydrogen-bond donors (Lipinski definition) is 4. The van der Waals surface area contributed by atoms with Crippen molar-refractivity contribution < 1.29 is 19.8 Å². The van der Waals surface area contributed by atoms with Gasteiger partial charge in [0.15, 0.2) is 0 Å². The quantitative estimate of drug-likeness (QED) is 0.446. The number of terminal acetylenes is 1. The molecule has 4 N–H and O–H groups in total. The molecule has 0 aliphatic heterocycles. The molecule has 0 unspecified atom stereocenters. The highest BCUT2D eigenvalue weighted by atomic mass is 16.4. The Morgan fingerprint density at radius 3 is 2.52 bits per heavy atom. The molecule has 0 saturated heterocycles. The number of aliphatic carboxylic acids is 1. The number of phenols is 1. The molecular weight excluding hydrogens is 272 g/mol. The van der Waals surface area contributed by atoms with Crippen LogP contribution in [0.4, 0.5) is 4.79 Å². The van der Waals surface area contributed by atoms with E-state index in [2.05, 4.69) is 16.6 Å². The van der Waals surface area contributed by atoms with E-state index in [0.717, 1.165) is 0 Å². The molecule has 21 heavy (non-hydrogen) atoms. The van der Waals surface area contributed by atoms with E-state index in [9.17, 15) is 14.7 Å². The van der Waals surface area contributed by atoms with Crippen LogP contribution >= 0.6 is 0 Å². The SMILES string of the molecule is C#CCCCNC(=O)N[C@H](Cc1ccc(O)cc1)C(=O)O. The third-order valence-electron chi connectivity index (χ3n) is 2.76. The molecule has 1 rings (SSSR count). The van der Waals surface area contributed by atoms with Gasteiger partial charge in [0.1, 0.15) is 11.8 Å². The summed E-state index contributed by atoms with van der Waals surface area (Å²) in [7, 11) is 0. The summed E-state index contributed by atoms with van der Waals surface area (Å²) in [6.45, 7) is 0.390. The summed E-state index contributed by atoms with van der Waals surface area (Å²) in [5.41, 5.74) is 0.702. The second-order valence-corrected chi connectivity index (χ2v) is 4.47. The number of benzene rings is 1. The highest BCUT2D eigenvalue weighted by Crippen LogP contribution is 2.11. The van der Waals surface area contributed by atoms with Crippen molar-refractivity contribution in [3.63, 3.8) is 0 Å². The van der Waals surface area contributed by atoms with Crippen molar-refractivity contribution in [3.8, 4) is 18.1 Å². The number of hydrogen-bond acceptors (Lipinski definition) is 3. The van der Waals surface area contributed by atoms with Gasteiger partial charge in [-0.05, 0) is 24.1 Å². The van der Waals surface area contributed by atoms with E-state index in [0.29, 0.717) is 24.9 Å². The fourth-order valence-electron chi connectivity index (χ4n) is 1.67. The smallest absolute Gasteiger partial charge is 0.326 e. The Morgan fingerprint density at radius 1 is 1.29 bits per heavy atom. The summed E-state index contributed by atoms with van der Waals surface area (Å²) in [5.74, 6) is 1.43. The molecule has 0 heterocycles. The van der Waals surface area contributed by atoms with Crippen molar-refractivity contribution in [2.24, 2.45) is 0 Å². The van der Waals surface area contributed by atoms with Gasteiger partial charge in [0, 0.05) is 19.4 Å². The standard InChI is InChI=1S/C15H18N2O4/c1-2-3-4-9-16-15(21)17-13(14(19)20)10-11-5-7-12(18)8-6-11/h1,5-8,13,18H,3-4,9-10H2,(H,19,20)(H2,16,17,21)/t13-/m1/s1. The van der Waals surface area contributed by atoms with Crippen LogP contribution < -0.4 is 10.6 Å². The first-order chi connectivity index (χ1) is 10.0. The predicted octanol–water partition coefficient (Wildman–Crippen LogP) is 1.10. The number of carbonyl (C=O) groups is 2. The van der Waals surface area contributed by atoms with Crippen LogP contribution in [0.15, 0.2) is 24.3 Å². The van der Waals surface area contributed by atoms with E-state index in [1.165, 1.54) is 12.1 Å². The fraction of sp³-hybridized carbons (Fsp3) is 0.333. The minimum atomic E-state index is -1.12. The van der Waals surface area contributed by atoms with Crippen molar-refractivity contribution in [2.45, 2.75) is 25.3 Å². The first-order valence-corrected chi connectivity index (χ1v) is 6.51. The normalized spacial score (nSPS) is 11.2. The summed E-state index contributed by atoms with van der Waals surface area (Å²) in [6, 6.07) is 4.57. The van der Waals surface area contributed by atoms with E-state index in [1.54, 1.807) is 12.1 Å². The first-order valence-electron chi connectivity index (χ1n) is 6.51. The Bertz CT molecular complexity index is 519. The zero-order valence-corrected chi connectivity index (χ0v) is 11.5. The average Bonchev–Trinajstić information content (AvgIpc) is 2.45. The van der Waals surface area contributed by atoms with E-state index < -0.39 is 18.0 Å². The first kappa shape index (κ1) is 16.4. The van der Waals surface area contributed by atoms with Gasteiger partial charge in [-0.15, -0.1) is 12.3 Å². The number of carbonyl (C=O) groups excluding carboxylic acids is 1. The number of unbranched alkanes of at least 4 members (excludes halogenated alkanes) is 1. The number of rotatable bonds is 7. The fourth-order valence-corrected chi connectivity index (χ4v) is 1.67. The molecule has 0 saturated carbocycles. The summed E-state index contributed by atoms with van der Waals surface area (Å²) < 4.78 is 0. The lowest BCUT2D eigenvalue weighted by Gasteiger charge is -2.15. The average molecular weight is 290 g/mol. The topological polar surface area (TPSA) is 98.7 Å². The Labute approximate surface area is 123 Å². The van der Waals surface area contributed by atoms with Crippen LogP contribution in [0.1, 0.15) is 18.4 Å². The highest BCUT2D eigenvalue weighted by Gasteiger charge is 2.20. The largest absolute Gasteiger partial charge is 0.508 e. The molecule has 1 aromatic carbocycles. The lowest BCUT2D eigenvalue weighted by molar-refractivity contribution is -0.139. The van der Waals surface area contributed by atoms with Crippen molar-refractivity contribution in [3.05, 3.63) is 29.8 Å². The number of aromatic hydroxyl groups is 1. The van der Waals surface area contributed by atoms with Crippen LogP contribution in [0.25, 0.3) is 0 Å². The van der Waals surface area contributed by atoms with Crippen LogP contribution in [0.3, 0.4) is 0 Å². The molecule has 1 aromatic rings. The molecule has 0 radical (unpaired) electrons. The third kappa shape index (κ3) is 6.34. The molecule has 0 aromatic heterocycles. The number of amides is 2. The van der Waals surface area contributed by atoms with Crippen molar-refractivity contribution >= 4 is 12.0 Å². The second kappa shape index (κ2) is 8.48. The molecule has 0 aliphatic carbocycles. The molecule has 2 amide bonds. The summed E-state index contributed by atoms with van der Waals surface area (Å²) in [4.78, 5) is 22.8. The molecule has 112 valence electrons. The van der Waals surface area contributed by atoms with Gasteiger partial charge in [-0.1, -0.05) is 12.1 Å². The molecule has 6 nitrogen and oxygen atoms in total. The minimum absolute atomic E-state index is 0.102. The number of nitrogens with one attached hydrogen (secondary N) is 2. The summed E-state index contributed by atoms with van der Waals surface area (Å²) >= 11 is 0. The lowest BCUT2D eigenvalue weighted by Crippen LogP contribution is -2.47.